The Balaban J connectivity index is 1.84. The highest BCUT2D eigenvalue weighted by Crippen LogP contribution is 2.19. The molecule has 0 bridgehead atoms. The Morgan fingerprint density at radius 3 is 1.83 bits per heavy atom. The summed E-state index contributed by atoms with van der Waals surface area (Å²) in [6.45, 7) is 0. The number of Topliss-reactive ketones (excluding diaryl/α,β-unsaturated/α-hetero) is 1. The average molecular weight is 302 g/mol. The van der Waals surface area contributed by atoms with Crippen LogP contribution < -0.4 is 10.9 Å². The first-order valence-corrected chi connectivity index (χ1v) is 7.55. The van der Waals surface area contributed by atoms with Crippen LogP contribution >= 0.6 is 0 Å². The quantitative estimate of drug-likeness (QED) is 0.529. The predicted molar refractivity (Wildman–Crippen MR) is 93.2 cm³/mol. The zero-order chi connectivity index (χ0) is 15.9. The lowest BCUT2D eigenvalue weighted by Crippen LogP contribution is -2.33. The Morgan fingerprint density at radius 2 is 1.22 bits per heavy atom. The summed E-state index contributed by atoms with van der Waals surface area (Å²) in [5, 5.41) is 0. The van der Waals surface area contributed by atoms with Crippen molar-refractivity contribution in [3.63, 3.8) is 0 Å². The molecule has 0 saturated heterocycles. The van der Waals surface area contributed by atoms with E-state index in [4.69, 9.17) is 0 Å². The molecule has 3 heteroatoms. The van der Waals surface area contributed by atoms with Gasteiger partial charge in [0.05, 0.1) is 0 Å². The summed E-state index contributed by atoms with van der Waals surface area (Å²) in [6, 6.07) is 28.3. The second kappa shape index (κ2) is 7.38. The van der Waals surface area contributed by atoms with Gasteiger partial charge in [-0.2, -0.15) is 0 Å². The first-order chi connectivity index (χ1) is 11.3. The zero-order valence-electron chi connectivity index (χ0n) is 12.6. The molecule has 0 radical (unpaired) electrons. The average Bonchev–Trinajstić information content (AvgIpc) is 2.64. The van der Waals surface area contributed by atoms with Gasteiger partial charge in [0.2, 0.25) is 0 Å². The van der Waals surface area contributed by atoms with Gasteiger partial charge < -0.3 is 5.43 Å². The minimum atomic E-state index is -0.459. The highest BCUT2D eigenvalue weighted by molar-refractivity contribution is 6.00. The van der Waals surface area contributed by atoms with Gasteiger partial charge in [-0.15, -0.1) is 0 Å². The van der Waals surface area contributed by atoms with Gasteiger partial charge in [-0.05, 0) is 17.7 Å². The molecule has 0 spiro atoms. The summed E-state index contributed by atoms with van der Waals surface area (Å²) < 4.78 is 0. The van der Waals surface area contributed by atoms with Crippen molar-refractivity contribution in [2.75, 3.05) is 5.43 Å². The SMILES string of the molecule is O=C(c1ccccc1)C(NNc1ccccc1)c1ccccc1. The van der Waals surface area contributed by atoms with Gasteiger partial charge >= 0.3 is 0 Å². The predicted octanol–water partition coefficient (Wildman–Crippen LogP) is 4.23. The van der Waals surface area contributed by atoms with Gasteiger partial charge in [0.25, 0.3) is 0 Å². The van der Waals surface area contributed by atoms with Gasteiger partial charge in [0.15, 0.2) is 5.78 Å². The van der Waals surface area contributed by atoms with Crippen molar-refractivity contribution in [1.29, 1.82) is 0 Å². The number of nitrogens with one attached hydrogen (secondary N) is 2. The Hall–Kier alpha value is -2.91. The van der Waals surface area contributed by atoms with E-state index in [-0.39, 0.29) is 5.78 Å². The maximum absolute atomic E-state index is 12.9. The third kappa shape index (κ3) is 3.84. The van der Waals surface area contributed by atoms with Gasteiger partial charge in [0.1, 0.15) is 6.04 Å². The fraction of sp³-hybridized carbons (Fsp3) is 0.0500. The molecule has 2 N–H and O–H groups in total. The van der Waals surface area contributed by atoms with Crippen molar-refractivity contribution >= 4 is 11.5 Å². The summed E-state index contributed by atoms with van der Waals surface area (Å²) >= 11 is 0. The number of hydrogen-bond acceptors (Lipinski definition) is 3. The Morgan fingerprint density at radius 1 is 0.696 bits per heavy atom. The van der Waals surface area contributed by atoms with Crippen LogP contribution in [-0.4, -0.2) is 5.78 Å². The number of carbonyl (C=O) groups excluding carboxylic acids is 1. The second-order valence-corrected chi connectivity index (χ2v) is 5.21. The first-order valence-electron chi connectivity index (χ1n) is 7.55. The largest absolute Gasteiger partial charge is 0.321 e. The number of anilines is 1. The van der Waals surface area contributed by atoms with Crippen LogP contribution in [0.15, 0.2) is 91.0 Å². The lowest BCUT2D eigenvalue weighted by molar-refractivity contribution is 0.0947. The van der Waals surface area contributed by atoms with Crippen LogP contribution in [-0.2, 0) is 0 Å². The van der Waals surface area contributed by atoms with Crippen molar-refractivity contribution in [2.24, 2.45) is 0 Å². The summed E-state index contributed by atoms with van der Waals surface area (Å²) in [6.07, 6.45) is 0. The molecule has 0 saturated carbocycles. The maximum atomic E-state index is 12.9. The minimum absolute atomic E-state index is 0.0280. The molecule has 0 amide bonds. The van der Waals surface area contributed by atoms with E-state index >= 15 is 0 Å². The van der Waals surface area contributed by atoms with Crippen molar-refractivity contribution in [1.82, 2.24) is 5.43 Å². The topological polar surface area (TPSA) is 41.1 Å². The lowest BCUT2D eigenvalue weighted by Gasteiger charge is -2.19. The third-order valence-electron chi connectivity index (χ3n) is 3.59. The van der Waals surface area contributed by atoms with E-state index in [0.717, 1.165) is 11.3 Å². The Bertz CT molecular complexity index is 742. The fourth-order valence-electron chi connectivity index (χ4n) is 2.39. The van der Waals surface area contributed by atoms with E-state index in [1.165, 1.54) is 0 Å². The van der Waals surface area contributed by atoms with Gasteiger partial charge in [-0.3, -0.25) is 4.79 Å². The van der Waals surface area contributed by atoms with Gasteiger partial charge in [-0.25, -0.2) is 5.43 Å². The van der Waals surface area contributed by atoms with E-state index in [9.17, 15) is 4.79 Å². The molecule has 0 heterocycles. The van der Waals surface area contributed by atoms with Crippen molar-refractivity contribution in [3.05, 3.63) is 102 Å². The summed E-state index contributed by atoms with van der Waals surface area (Å²) in [5.41, 5.74) is 8.79. The van der Waals surface area contributed by atoms with Crippen LogP contribution in [0.3, 0.4) is 0 Å². The van der Waals surface area contributed by atoms with E-state index in [0.29, 0.717) is 5.56 Å². The molecule has 0 aliphatic carbocycles. The Labute approximate surface area is 136 Å². The van der Waals surface area contributed by atoms with Gasteiger partial charge in [0, 0.05) is 11.3 Å². The maximum Gasteiger partial charge on any atom is 0.186 e. The zero-order valence-corrected chi connectivity index (χ0v) is 12.6. The van der Waals surface area contributed by atoms with Crippen molar-refractivity contribution < 1.29 is 4.79 Å². The standard InChI is InChI=1S/C20H18N2O/c23-20(17-12-6-2-7-13-17)19(16-10-4-1-5-11-16)22-21-18-14-8-3-9-15-18/h1-15,19,21-22H. The number of hydrogen-bond donors (Lipinski definition) is 2. The molecule has 3 nitrogen and oxygen atoms in total. The number of ketones is 1. The van der Waals surface area contributed by atoms with Crippen molar-refractivity contribution in [2.45, 2.75) is 6.04 Å². The first kappa shape index (κ1) is 15.0. The molecule has 23 heavy (non-hydrogen) atoms. The number of benzene rings is 3. The highest BCUT2D eigenvalue weighted by atomic mass is 16.1. The smallest absolute Gasteiger partial charge is 0.186 e. The molecule has 0 aromatic heterocycles. The van der Waals surface area contributed by atoms with Crippen LogP contribution in [0.5, 0.6) is 0 Å². The molecule has 0 aliphatic rings. The molecular formula is C20H18N2O. The second-order valence-electron chi connectivity index (χ2n) is 5.21. The molecule has 0 aliphatic heterocycles. The lowest BCUT2D eigenvalue weighted by atomic mass is 9.98. The monoisotopic (exact) mass is 302 g/mol. The number of hydrazine groups is 1. The summed E-state index contributed by atoms with van der Waals surface area (Å²) in [4.78, 5) is 12.9. The van der Waals surface area contributed by atoms with E-state index in [1.54, 1.807) is 0 Å². The third-order valence-corrected chi connectivity index (χ3v) is 3.59. The van der Waals surface area contributed by atoms with E-state index < -0.39 is 6.04 Å². The Kier molecular flexibility index (Phi) is 4.82. The molecule has 0 fully saturated rings. The molecular weight excluding hydrogens is 284 g/mol. The van der Waals surface area contributed by atoms with Crippen molar-refractivity contribution in [3.8, 4) is 0 Å². The fourth-order valence-corrected chi connectivity index (χ4v) is 2.39. The molecule has 3 aromatic carbocycles. The summed E-state index contributed by atoms with van der Waals surface area (Å²) in [5.74, 6) is 0.0280. The number of rotatable bonds is 6. The summed E-state index contributed by atoms with van der Waals surface area (Å²) in [7, 11) is 0. The van der Waals surface area contributed by atoms with E-state index in [1.807, 2.05) is 91.0 Å². The minimum Gasteiger partial charge on any atom is -0.321 e. The van der Waals surface area contributed by atoms with Crippen LogP contribution in [0, 0.1) is 0 Å². The number of para-hydroxylation sites is 1. The molecule has 3 aromatic rings. The van der Waals surface area contributed by atoms with Gasteiger partial charge in [-0.1, -0.05) is 78.9 Å². The molecule has 1 atom stereocenters. The normalized spacial score (nSPS) is 11.7. The molecule has 3 rings (SSSR count). The van der Waals surface area contributed by atoms with E-state index in [2.05, 4.69) is 10.9 Å². The molecule has 1 unspecified atom stereocenters. The highest BCUT2D eigenvalue weighted by Gasteiger charge is 2.21. The van der Waals surface area contributed by atoms with Crippen LogP contribution in [0.2, 0.25) is 0 Å². The van der Waals surface area contributed by atoms with Crippen LogP contribution in [0.1, 0.15) is 22.0 Å². The molecule has 114 valence electrons. The van der Waals surface area contributed by atoms with Crippen LogP contribution in [0.4, 0.5) is 5.69 Å². The van der Waals surface area contributed by atoms with Crippen LogP contribution in [0.25, 0.3) is 0 Å². The number of carbonyl (C=O) groups is 1.